The maximum atomic E-state index is 12.7. The Morgan fingerprint density at radius 3 is 2.90 bits per heavy atom. The molecule has 1 unspecified atom stereocenters. The van der Waals surface area contributed by atoms with Gasteiger partial charge in [-0.2, -0.15) is 5.10 Å². The first-order valence-corrected chi connectivity index (χ1v) is 8.32. The highest BCUT2D eigenvalue weighted by Crippen LogP contribution is 2.20. The van der Waals surface area contributed by atoms with Crippen molar-refractivity contribution >= 4 is 15.8 Å². The van der Waals surface area contributed by atoms with Crippen molar-refractivity contribution in [1.82, 2.24) is 15.1 Å². The number of carbonyl (C=O) groups is 1. The topological polar surface area (TPSA) is 85.6 Å². The lowest BCUT2D eigenvalue weighted by Gasteiger charge is -2.18. The number of nitrogens with zero attached hydrogens (tertiary/aromatic N) is 3. The summed E-state index contributed by atoms with van der Waals surface area (Å²) in [5.41, 5.74) is 0.159. The van der Waals surface area contributed by atoms with Crippen LogP contribution in [-0.4, -0.2) is 38.5 Å². The van der Waals surface area contributed by atoms with E-state index in [0.717, 1.165) is 18.8 Å². The summed E-state index contributed by atoms with van der Waals surface area (Å²) >= 11 is 0. The molecule has 7 nitrogen and oxygen atoms in total. The molecular formula is C12H20N4O3S. The number of fused-ring (bicyclic) bond motifs is 1. The van der Waals surface area contributed by atoms with Crippen LogP contribution >= 0.6 is 0 Å². The van der Waals surface area contributed by atoms with Crippen LogP contribution in [0.4, 0.5) is 4.79 Å². The molecule has 0 fully saturated rings. The molecule has 0 aliphatic carbocycles. The number of carbonyl (C=O) groups excluding carboxylic acids is 1. The van der Waals surface area contributed by atoms with Gasteiger partial charge in [0, 0.05) is 19.3 Å². The summed E-state index contributed by atoms with van der Waals surface area (Å²) < 4.78 is 23.3. The molecule has 0 aromatic carbocycles. The van der Waals surface area contributed by atoms with E-state index in [1.54, 1.807) is 25.5 Å². The average Bonchev–Trinajstić information content (AvgIpc) is 2.69. The maximum Gasteiger partial charge on any atom is 0.442 e. The zero-order chi connectivity index (χ0) is 15.0. The standard InChI is InChI=1S/C12H20N4O3S/c1-12(2,3)19-11(17)15-20(4,18)10-8-14-16-6-5-13-7-9(10)16/h8,13H,5-7H2,1-4H3. The van der Waals surface area contributed by atoms with Gasteiger partial charge in [0.05, 0.1) is 33.1 Å². The fourth-order valence-electron chi connectivity index (χ4n) is 1.94. The number of hydrogen-bond donors (Lipinski definition) is 1. The smallest absolute Gasteiger partial charge is 0.442 e. The third-order valence-corrected chi connectivity index (χ3v) is 4.41. The van der Waals surface area contributed by atoms with Crippen molar-refractivity contribution in [3.8, 4) is 0 Å². The first-order valence-electron chi connectivity index (χ1n) is 6.39. The van der Waals surface area contributed by atoms with Crippen molar-refractivity contribution in [2.75, 3.05) is 12.8 Å². The Morgan fingerprint density at radius 1 is 1.55 bits per heavy atom. The summed E-state index contributed by atoms with van der Waals surface area (Å²) in [5.74, 6) is 0. The quantitative estimate of drug-likeness (QED) is 0.847. The van der Waals surface area contributed by atoms with E-state index >= 15 is 0 Å². The summed E-state index contributed by atoms with van der Waals surface area (Å²) in [6.07, 6.45) is 2.15. The Hall–Kier alpha value is -1.41. The number of ether oxygens (including phenoxy) is 1. The highest BCUT2D eigenvalue weighted by atomic mass is 32.2. The highest BCUT2D eigenvalue weighted by Gasteiger charge is 2.23. The second-order valence-electron chi connectivity index (χ2n) is 5.73. The van der Waals surface area contributed by atoms with Crippen LogP contribution in [-0.2, 0) is 27.6 Å². The van der Waals surface area contributed by atoms with Crippen molar-refractivity contribution in [3.05, 3.63) is 11.9 Å². The van der Waals surface area contributed by atoms with E-state index in [0.29, 0.717) is 11.4 Å². The molecule has 1 aliphatic heterocycles. The van der Waals surface area contributed by atoms with E-state index in [9.17, 15) is 9.00 Å². The molecule has 20 heavy (non-hydrogen) atoms. The van der Waals surface area contributed by atoms with Crippen molar-refractivity contribution in [1.29, 1.82) is 0 Å². The van der Waals surface area contributed by atoms with E-state index in [1.807, 2.05) is 0 Å². The monoisotopic (exact) mass is 300 g/mol. The molecule has 8 heteroatoms. The fourth-order valence-corrected chi connectivity index (χ4v) is 3.22. The summed E-state index contributed by atoms with van der Waals surface area (Å²) in [7, 11) is -2.85. The lowest BCUT2D eigenvalue weighted by Crippen LogP contribution is -2.29. The van der Waals surface area contributed by atoms with Crippen LogP contribution in [0.1, 0.15) is 26.5 Å². The molecule has 2 rings (SSSR count). The van der Waals surface area contributed by atoms with Gasteiger partial charge in [0.15, 0.2) is 0 Å². The Kier molecular flexibility index (Phi) is 3.88. The number of hydrogen-bond acceptors (Lipinski definition) is 5. The lowest BCUT2D eigenvalue weighted by atomic mass is 10.2. The van der Waals surface area contributed by atoms with Crippen LogP contribution in [0.3, 0.4) is 0 Å². The van der Waals surface area contributed by atoms with Gasteiger partial charge in [-0.25, -0.2) is 9.00 Å². The third kappa shape index (κ3) is 3.37. The molecular weight excluding hydrogens is 280 g/mol. The lowest BCUT2D eigenvalue weighted by molar-refractivity contribution is 0.0607. The number of amides is 1. The Balaban J connectivity index is 2.33. The summed E-state index contributed by atoms with van der Waals surface area (Å²) in [6, 6.07) is 0. The predicted octanol–water partition coefficient (Wildman–Crippen LogP) is 1.38. The molecule has 1 N–H and O–H groups in total. The molecule has 2 heterocycles. The predicted molar refractivity (Wildman–Crippen MR) is 74.9 cm³/mol. The normalized spacial score (nSPS) is 18.0. The third-order valence-electron chi connectivity index (χ3n) is 2.75. The van der Waals surface area contributed by atoms with Gasteiger partial charge >= 0.3 is 6.09 Å². The van der Waals surface area contributed by atoms with E-state index in [2.05, 4.69) is 14.8 Å². The largest absolute Gasteiger partial charge is 0.442 e. The molecule has 1 amide bonds. The Morgan fingerprint density at radius 2 is 2.25 bits per heavy atom. The van der Waals surface area contributed by atoms with Crippen LogP contribution in [0.15, 0.2) is 15.5 Å². The summed E-state index contributed by atoms with van der Waals surface area (Å²) in [6.45, 7) is 7.33. The minimum Gasteiger partial charge on any atom is -0.442 e. The zero-order valence-corrected chi connectivity index (χ0v) is 13.0. The first kappa shape index (κ1) is 15.0. The molecule has 1 aromatic heterocycles. The molecule has 112 valence electrons. The average molecular weight is 300 g/mol. The molecule has 1 aromatic rings. The van der Waals surface area contributed by atoms with Gasteiger partial charge in [-0.3, -0.25) is 4.68 Å². The van der Waals surface area contributed by atoms with Crippen molar-refractivity contribution < 1.29 is 13.7 Å². The van der Waals surface area contributed by atoms with Crippen LogP contribution in [0.2, 0.25) is 0 Å². The molecule has 0 saturated carbocycles. The minimum atomic E-state index is -2.85. The van der Waals surface area contributed by atoms with E-state index < -0.39 is 21.4 Å². The van der Waals surface area contributed by atoms with Gasteiger partial charge in [0.25, 0.3) is 0 Å². The van der Waals surface area contributed by atoms with Gasteiger partial charge in [0.1, 0.15) is 5.60 Å². The van der Waals surface area contributed by atoms with Crippen LogP contribution in [0.25, 0.3) is 0 Å². The van der Waals surface area contributed by atoms with Gasteiger partial charge in [0.2, 0.25) is 0 Å². The van der Waals surface area contributed by atoms with Crippen molar-refractivity contribution in [2.24, 2.45) is 4.36 Å². The fraction of sp³-hybridized carbons (Fsp3) is 0.667. The minimum absolute atomic E-state index is 0.496. The SMILES string of the molecule is CC(C)(C)OC(=O)N=S(C)(=O)c1cnn2c1CNCC2. The molecule has 0 radical (unpaired) electrons. The van der Waals surface area contributed by atoms with Crippen LogP contribution in [0.5, 0.6) is 0 Å². The Labute approximate surface area is 118 Å². The maximum absolute atomic E-state index is 12.7. The zero-order valence-electron chi connectivity index (χ0n) is 12.2. The molecule has 1 aliphatic rings. The molecule has 0 spiro atoms. The number of aromatic nitrogens is 2. The van der Waals surface area contributed by atoms with Crippen molar-refractivity contribution in [2.45, 2.75) is 44.4 Å². The second kappa shape index (κ2) is 5.17. The Bertz CT molecular complexity index is 636. The second-order valence-corrected chi connectivity index (χ2v) is 7.96. The van der Waals surface area contributed by atoms with E-state index in [-0.39, 0.29) is 0 Å². The highest BCUT2D eigenvalue weighted by molar-refractivity contribution is 7.93. The number of nitrogens with one attached hydrogen (secondary N) is 1. The molecule has 0 saturated heterocycles. The first-order chi connectivity index (χ1) is 9.19. The molecule has 1 atom stereocenters. The van der Waals surface area contributed by atoms with E-state index in [1.165, 1.54) is 12.5 Å². The van der Waals surface area contributed by atoms with Crippen LogP contribution in [0, 0.1) is 0 Å². The van der Waals surface area contributed by atoms with Gasteiger partial charge in [-0.05, 0) is 20.8 Å². The molecule has 0 bridgehead atoms. The van der Waals surface area contributed by atoms with Crippen molar-refractivity contribution in [3.63, 3.8) is 0 Å². The summed E-state index contributed by atoms with van der Waals surface area (Å²) in [4.78, 5) is 12.2. The van der Waals surface area contributed by atoms with Gasteiger partial charge < -0.3 is 10.1 Å². The van der Waals surface area contributed by atoms with Gasteiger partial charge in [-0.15, -0.1) is 4.36 Å². The van der Waals surface area contributed by atoms with Crippen LogP contribution < -0.4 is 5.32 Å². The van der Waals surface area contributed by atoms with E-state index in [4.69, 9.17) is 4.74 Å². The van der Waals surface area contributed by atoms with Gasteiger partial charge in [-0.1, -0.05) is 0 Å². The number of rotatable bonds is 1. The summed E-state index contributed by atoms with van der Waals surface area (Å²) in [5, 5.41) is 7.38.